The van der Waals surface area contributed by atoms with Gasteiger partial charge in [0.15, 0.2) is 0 Å². The maximum absolute atomic E-state index is 14.1. The fourth-order valence-electron chi connectivity index (χ4n) is 5.24. The summed E-state index contributed by atoms with van der Waals surface area (Å²) < 4.78 is 29.0. The van der Waals surface area contributed by atoms with Gasteiger partial charge in [-0.25, -0.2) is 8.42 Å². The summed E-state index contributed by atoms with van der Waals surface area (Å²) in [4.78, 5) is 29.0. The molecule has 0 radical (unpaired) electrons. The van der Waals surface area contributed by atoms with Gasteiger partial charge < -0.3 is 10.2 Å². The van der Waals surface area contributed by atoms with E-state index in [4.69, 9.17) is 11.6 Å². The van der Waals surface area contributed by atoms with Crippen LogP contribution in [0, 0.1) is 6.92 Å². The topological polar surface area (TPSA) is 86.8 Å². The first-order chi connectivity index (χ1) is 19.7. The number of nitrogens with zero attached hydrogens (tertiary/aromatic N) is 2. The zero-order valence-corrected chi connectivity index (χ0v) is 25.2. The fourth-order valence-corrected chi connectivity index (χ4v) is 6.90. The molecule has 0 bridgehead atoms. The van der Waals surface area contributed by atoms with Gasteiger partial charge in [-0.2, -0.15) is 0 Å². The van der Waals surface area contributed by atoms with Crippen LogP contribution in [0.15, 0.2) is 83.8 Å². The summed E-state index contributed by atoms with van der Waals surface area (Å²) in [6, 6.07) is 22.0. The van der Waals surface area contributed by atoms with Crippen molar-refractivity contribution in [2.75, 3.05) is 17.4 Å². The third-order valence-corrected chi connectivity index (χ3v) is 9.90. The molecule has 1 aliphatic carbocycles. The lowest BCUT2D eigenvalue weighted by Gasteiger charge is -2.33. The zero-order valence-electron chi connectivity index (χ0n) is 23.6. The number of amides is 2. The van der Waals surface area contributed by atoms with Crippen LogP contribution in [0.1, 0.15) is 50.2 Å². The lowest BCUT2D eigenvalue weighted by molar-refractivity contribution is -0.139. The second kappa shape index (κ2) is 14.0. The minimum absolute atomic E-state index is 0.0612. The van der Waals surface area contributed by atoms with Gasteiger partial charge in [0, 0.05) is 17.6 Å². The van der Waals surface area contributed by atoms with Crippen molar-refractivity contribution in [2.24, 2.45) is 0 Å². The van der Waals surface area contributed by atoms with E-state index in [1.54, 1.807) is 50.2 Å². The summed E-state index contributed by atoms with van der Waals surface area (Å²) in [5.41, 5.74) is 1.88. The average molecular weight is 596 g/mol. The molecule has 3 aromatic rings. The lowest BCUT2D eigenvalue weighted by atomic mass is 9.95. The zero-order chi connectivity index (χ0) is 29.4. The number of anilines is 1. The van der Waals surface area contributed by atoms with E-state index in [1.807, 2.05) is 30.3 Å². The van der Waals surface area contributed by atoms with Crippen LogP contribution in [0.2, 0.25) is 5.02 Å². The van der Waals surface area contributed by atoms with Crippen LogP contribution >= 0.6 is 11.6 Å². The van der Waals surface area contributed by atoms with Gasteiger partial charge in [-0.15, -0.1) is 0 Å². The minimum Gasteiger partial charge on any atom is -0.352 e. The number of halogens is 1. The summed E-state index contributed by atoms with van der Waals surface area (Å²) in [6.45, 7) is 3.22. The Balaban J connectivity index is 1.66. The van der Waals surface area contributed by atoms with E-state index in [2.05, 4.69) is 5.32 Å². The van der Waals surface area contributed by atoms with E-state index >= 15 is 0 Å². The Hall–Kier alpha value is -3.36. The van der Waals surface area contributed by atoms with Crippen molar-refractivity contribution >= 4 is 39.1 Å². The van der Waals surface area contributed by atoms with Crippen molar-refractivity contribution in [2.45, 2.75) is 69.4 Å². The molecule has 2 amide bonds. The molecule has 0 aromatic heterocycles. The van der Waals surface area contributed by atoms with Crippen LogP contribution in [-0.4, -0.2) is 50.3 Å². The highest BCUT2D eigenvalue weighted by molar-refractivity contribution is 7.92. The number of carbonyl (C=O) groups is 2. The van der Waals surface area contributed by atoms with Gasteiger partial charge in [0.25, 0.3) is 10.0 Å². The van der Waals surface area contributed by atoms with E-state index in [9.17, 15) is 18.0 Å². The van der Waals surface area contributed by atoms with Crippen molar-refractivity contribution in [3.63, 3.8) is 0 Å². The van der Waals surface area contributed by atoms with E-state index in [-0.39, 0.29) is 23.4 Å². The molecule has 3 aromatic carbocycles. The Kier molecular flexibility index (Phi) is 10.5. The van der Waals surface area contributed by atoms with Crippen LogP contribution in [0.3, 0.4) is 0 Å². The number of benzene rings is 3. The van der Waals surface area contributed by atoms with Crippen molar-refractivity contribution in [3.8, 4) is 0 Å². The van der Waals surface area contributed by atoms with Crippen LogP contribution in [0.4, 0.5) is 5.69 Å². The molecular weight excluding hydrogens is 558 g/mol. The van der Waals surface area contributed by atoms with Crippen molar-refractivity contribution in [1.82, 2.24) is 10.2 Å². The number of hydrogen-bond acceptors (Lipinski definition) is 4. The second-order valence-corrected chi connectivity index (χ2v) is 12.8. The van der Waals surface area contributed by atoms with Crippen LogP contribution < -0.4 is 9.62 Å². The molecule has 1 atom stereocenters. The van der Waals surface area contributed by atoms with Gasteiger partial charge in [-0.3, -0.25) is 13.9 Å². The first-order valence-electron chi connectivity index (χ1n) is 14.1. The first kappa shape index (κ1) is 30.6. The predicted octanol–water partition coefficient (Wildman–Crippen LogP) is 5.75. The molecule has 1 fully saturated rings. The molecule has 4 rings (SSSR count). The highest BCUT2D eigenvalue weighted by Crippen LogP contribution is 2.31. The lowest BCUT2D eigenvalue weighted by Crippen LogP contribution is -2.53. The van der Waals surface area contributed by atoms with E-state index in [1.165, 1.54) is 17.0 Å². The number of sulfonamides is 1. The monoisotopic (exact) mass is 595 g/mol. The molecule has 41 heavy (non-hydrogen) atoms. The normalized spacial score (nSPS) is 14.7. The summed E-state index contributed by atoms with van der Waals surface area (Å²) in [7, 11) is -4.13. The van der Waals surface area contributed by atoms with Crippen molar-refractivity contribution < 1.29 is 18.0 Å². The molecule has 9 heteroatoms. The molecular formula is C32H38ClN3O4S. The van der Waals surface area contributed by atoms with E-state index in [0.29, 0.717) is 22.7 Å². The molecule has 7 nitrogen and oxygen atoms in total. The Morgan fingerprint density at radius 3 is 2.22 bits per heavy atom. The van der Waals surface area contributed by atoms with Gasteiger partial charge in [-0.1, -0.05) is 85.5 Å². The van der Waals surface area contributed by atoms with Crippen LogP contribution in [0.5, 0.6) is 0 Å². The van der Waals surface area contributed by atoms with Crippen molar-refractivity contribution in [1.29, 1.82) is 0 Å². The maximum Gasteiger partial charge on any atom is 0.264 e. The number of hydrogen-bond donors (Lipinski definition) is 1. The molecule has 1 N–H and O–H groups in total. The van der Waals surface area contributed by atoms with Gasteiger partial charge in [0.2, 0.25) is 11.8 Å². The van der Waals surface area contributed by atoms with Gasteiger partial charge >= 0.3 is 0 Å². The Labute approximate surface area is 248 Å². The van der Waals surface area contributed by atoms with E-state index < -0.39 is 28.5 Å². The Bertz CT molecular complexity index is 1430. The second-order valence-electron chi connectivity index (χ2n) is 10.6. The molecule has 0 unspecified atom stereocenters. The molecule has 1 saturated carbocycles. The van der Waals surface area contributed by atoms with Gasteiger partial charge in [0.1, 0.15) is 12.6 Å². The highest BCUT2D eigenvalue weighted by atomic mass is 35.5. The van der Waals surface area contributed by atoms with Crippen LogP contribution in [0.25, 0.3) is 0 Å². The molecule has 0 spiro atoms. The standard InChI is InChI=1S/C32H38ClN3O4S/c1-24-29(33)19-12-20-30(24)36(41(39,40)28-17-10-5-11-18-28)23-31(37)35(22-21-26-13-6-3-7-14-26)25(2)32(38)34-27-15-8-4-9-16-27/h3,5-7,10-14,17-20,25,27H,4,8-9,15-16,21-23H2,1-2H3,(H,34,38)/t25-/m0/s1. The molecule has 218 valence electrons. The number of carbonyl (C=O) groups excluding carboxylic acids is 2. The van der Waals surface area contributed by atoms with Crippen LogP contribution in [-0.2, 0) is 26.0 Å². The Morgan fingerprint density at radius 2 is 1.56 bits per heavy atom. The Morgan fingerprint density at radius 1 is 0.927 bits per heavy atom. The quantitative estimate of drug-likeness (QED) is 0.306. The summed E-state index contributed by atoms with van der Waals surface area (Å²) in [5, 5.41) is 3.52. The smallest absolute Gasteiger partial charge is 0.264 e. The minimum atomic E-state index is -4.13. The maximum atomic E-state index is 14.1. The third-order valence-electron chi connectivity index (χ3n) is 7.72. The molecule has 1 aliphatic rings. The number of rotatable bonds is 11. The average Bonchev–Trinajstić information content (AvgIpc) is 2.99. The summed E-state index contributed by atoms with van der Waals surface area (Å²) >= 11 is 6.39. The molecule has 0 saturated heterocycles. The first-order valence-corrected chi connectivity index (χ1v) is 16.0. The van der Waals surface area contributed by atoms with E-state index in [0.717, 1.165) is 42.0 Å². The van der Waals surface area contributed by atoms with Crippen molar-refractivity contribution in [3.05, 3.63) is 95.0 Å². The number of nitrogens with one attached hydrogen (secondary N) is 1. The largest absolute Gasteiger partial charge is 0.352 e. The van der Waals surface area contributed by atoms with Gasteiger partial charge in [-0.05, 0) is 68.5 Å². The predicted molar refractivity (Wildman–Crippen MR) is 163 cm³/mol. The highest BCUT2D eigenvalue weighted by Gasteiger charge is 2.33. The summed E-state index contributed by atoms with van der Waals surface area (Å²) in [6.07, 6.45) is 5.68. The molecule has 0 aliphatic heterocycles. The molecule has 0 heterocycles. The fraction of sp³-hybridized carbons (Fsp3) is 0.375. The third kappa shape index (κ3) is 7.68. The SMILES string of the molecule is Cc1c(Cl)cccc1N(CC(=O)N(CCc1ccccc1)[C@@H](C)C(=O)NC1CCCCC1)S(=O)(=O)c1ccccc1. The summed E-state index contributed by atoms with van der Waals surface area (Å²) in [5.74, 6) is -0.694. The van der Waals surface area contributed by atoms with Gasteiger partial charge in [0.05, 0.1) is 10.6 Å².